The van der Waals surface area contributed by atoms with Crippen molar-refractivity contribution in [2.45, 2.75) is 65.5 Å². The largest absolute Gasteiger partial charge is 0.311 e. The van der Waals surface area contributed by atoms with E-state index in [1.165, 1.54) is 25.7 Å². The molecule has 2 aliphatic carbocycles. The molecule has 2 aliphatic rings. The summed E-state index contributed by atoms with van der Waals surface area (Å²) in [7, 11) is 0. The Bertz CT molecular complexity index is 209. The van der Waals surface area contributed by atoms with Crippen LogP contribution in [0, 0.1) is 17.3 Å². The number of hydrogen-bond acceptors (Lipinski definition) is 1. The molecule has 14 heavy (non-hydrogen) atoms. The standard InChI is InChI=1S/C13H25N/c1-9-7-12(9)10(2)14-11-5-6-13(3,4)8-11/h9-12,14H,5-8H2,1-4H3. The first kappa shape index (κ1) is 10.5. The summed E-state index contributed by atoms with van der Waals surface area (Å²) in [5.74, 6) is 1.95. The van der Waals surface area contributed by atoms with Gasteiger partial charge in [-0.1, -0.05) is 20.8 Å². The first-order valence-electron chi connectivity index (χ1n) is 6.24. The molecule has 1 heteroatoms. The Balaban J connectivity index is 1.76. The van der Waals surface area contributed by atoms with Crippen LogP contribution in [0.3, 0.4) is 0 Å². The fourth-order valence-electron chi connectivity index (χ4n) is 3.12. The Hall–Kier alpha value is -0.0400. The lowest BCUT2D eigenvalue weighted by Gasteiger charge is -2.21. The predicted molar refractivity (Wildman–Crippen MR) is 61.3 cm³/mol. The number of hydrogen-bond donors (Lipinski definition) is 1. The van der Waals surface area contributed by atoms with Crippen LogP contribution in [0.25, 0.3) is 0 Å². The third-order valence-corrected chi connectivity index (χ3v) is 4.28. The summed E-state index contributed by atoms with van der Waals surface area (Å²) in [5, 5.41) is 3.83. The maximum absolute atomic E-state index is 3.83. The topological polar surface area (TPSA) is 12.0 Å². The highest BCUT2D eigenvalue weighted by atomic mass is 15.0. The van der Waals surface area contributed by atoms with E-state index in [1.54, 1.807) is 0 Å². The third kappa shape index (κ3) is 2.31. The summed E-state index contributed by atoms with van der Waals surface area (Å²) in [6, 6.07) is 1.55. The van der Waals surface area contributed by atoms with Crippen molar-refractivity contribution in [1.82, 2.24) is 5.32 Å². The summed E-state index contributed by atoms with van der Waals surface area (Å²) in [6.45, 7) is 9.55. The quantitative estimate of drug-likeness (QED) is 0.729. The van der Waals surface area contributed by atoms with Crippen molar-refractivity contribution in [1.29, 1.82) is 0 Å². The fourth-order valence-corrected chi connectivity index (χ4v) is 3.12. The zero-order chi connectivity index (χ0) is 10.3. The molecule has 1 N–H and O–H groups in total. The Kier molecular flexibility index (Phi) is 2.63. The highest BCUT2D eigenvalue weighted by Gasteiger charge is 2.39. The smallest absolute Gasteiger partial charge is 0.00749 e. The van der Waals surface area contributed by atoms with Gasteiger partial charge in [0.05, 0.1) is 0 Å². The van der Waals surface area contributed by atoms with Gasteiger partial charge in [-0.2, -0.15) is 0 Å². The van der Waals surface area contributed by atoms with E-state index < -0.39 is 0 Å². The molecule has 4 atom stereocenters. The molecule has 2 rings (SSSR count). The highest BCUT2D eigenvalue weighted by molar-refractivity contribution is 4.94. The lowest BCUT2D eigenvalue weighted by molar-refractivity contribution is 0.345. The molecular formula is C13H25N. The zero-order valence-electron chi connectivity index (χ0n) is 10.1. The van der Waals surface area contributed by atoms with Gasteiger partial charge in [0.1, 0.15) is 0 Å². The monoisotopic (exact) mass is 195 g/mol. The fraction of sp³-hybridized carbons (Fsp3) is 1.00. The first-order chi connectivity index (χ1) is 6.48. The van der Waals surface area contributed by atoms with Gasteiger partial charge in [-0.05, 0) is 49.9 Å². The molecule has 1 nitrogen and oxygen atoms in total. The molecule has 0 aliphatic heterocycles. The highest BCUT2D eigenvalue weighted by Crippen LogP contribution is 2.42. The average molecular weight is 195 g/mol. The van der Waals surface area contributed by atoms with Gasteiger partial charge in [0, 0.05) is 12.1 Å². The van der Waals surface area contributed by atoms with E-state index >= 15 is 0 Å². The lowest BCUT2D eigenvalue weighted by Crippen LogP contribution is -2.37. The van der Waals surface area contributed by atoms with Crippen molar-refractivity contribution in [2.75, 3.05) is 0 Å². The molecule has 2 fully saturated rings. The van der Waals surface area contributed by atoms with Gasteiger partial charge in [-0.3, -0.25) is 0 Å². The molecule has 0 saturated heterocycles. The minimum absolute atomic E-state index is 0.590. The van der Waals surface area contributed by atoms with Crippen molar-refractivity contribution >= 4 is 0 Å². The second-order valence-electron chi connectivity index (χ2n) is 6.44. The summed E-state index contributed by atoms with van der Waals surface area (Å²) in [4.78, 5) is 0. The van der Waals surface area contributed by atoms with Crippen LogP contribution in [0.15, 0.2) is 0 Å². The van der Waals surface area contributed by atoms with E-state index in [0.717, 1.165) is 23.9 Å². The molecule has 4 unspecified atom stereocenters. The second kappa shape index (κ2) is 3.52. The van der Waals surface area contributed by atoms with Crippen LogP contribution in [-0.4, -0.2) is 12.1 Å². The Morgan fingerprint density at radius 2 is 2.00 bits per heavy atom. The van der Waals surface area contributed by atoms with Gasteiger partial charge in [-0.25, -0.2) is 0 Å². The van der Waals surface area contributed by atoms with Crippen LogP contribution in [0.5, 0.6) is 0 Å². The molecular weight excluding hydrogens is 170 g/mol. The van der Waals surface area contributed by atoms with E-state index in [2.05, 4.69) is 33.0 Å². The van der Waals surface area contributed by atoms with E-state index in [9.17, 15) is 0 Å². The Labute approximate surface area is 88.7 Å². The van der Waals surface area contributed by atoms with Gasteiger partial charge in [-0.15, -0.1) is 0 Å². The summed E-state index contributed by atoms with van der Waals surface area (Å²) < 4.78 is 0. The SMILES string of the molecule is CC1CC1C(C)NC1CCC(C)(C)C1. The van der Waals surface area contributed by atoms with Crippen LogP contribution < -0.4 is 5.32 Å². The van der Waals surface area contributed by atoms with Crippen LogP contribution in [-0.2, 0) is 0 Å². The van der Waals surface area contributed by atoms with Crippen molar-refractivity contribution < 1.29 is 0 Å². The van der Waals surface area contributed by atoms with Crippen molar-refractivity contribution in [3.63, 3.8) is 0 Å². The minimum Gasteiger partial charge on any atom is -0.311 e. The van der Waals surface area contributed by atoms with Gasteiger partial charge >= 0.3 is 0 Å². The van der Waals surface area contributed by atoms with E-state index in [4.69, 9.17) is 0 Å². The maximum atomic E-state index is 3.83. The van der Waals surface area contributed by atoms with Gasteiger partial charge in [0.25, 0.3) is 0 Å². The van der Waals surface area contributed by atoms with Crippen molar-refractivity contribution in [3.05, 3.63) is 0 Å². The van der Waals surface area contributed by atoms with Crippen LogP contribution in [0.1, 0.15) is 53.4 Å². The molecule has 0 spiro atoms. The van der Waals surface area contributed by atoms with E-state index in [1.807, 2.05) is 0 Å². The minimum atomic E-state index is 0.590. The maximum Gasteiger partial charge on any atom is 0.00749 e. The van der Waals surface area contributed by atoms with Crippen molar-refractivity contribution in [3.8, 4) is 0 Å². The molecule has 0 heterocycles. The lowest BCUT2D eigenvalue weighted by atomic mass is 9.92. The molecule has 0 radical (unpaired) electrons. The molecule has 2 saturated carbocycles. The van der Waals surface area contributed by atoms with Crippen LogP contribution >= 0.6 is 0 Å². The summed E-state index contributed by atoms with van der Waals surface area (Å²) in [6.07, 6.45) is 5.61. The van der Waals surface area contributed by atoms with Gasteiger partial charge in [0.15, 0.2) is 0 Å². The van der Waals surface area contributed by atoms with Crippen LogP contribution in [0.4, 0.5) is 0 Å². The van der Waals surface area contributed by atoms with Gasteiger partial charge < -0.3 is 5.32 Å². The first-order valence-corrected chi connectivity index (χ1v) is 6.24. The summed E-state index contributed by atoms with van der Waals surface area (Å²) in [5.41, 5.74) is 0.590. The second-order valence-corrected chi connectivity index (χ2v) is 6.44. The molecule has 0 aromatic carbocycles. The predicted octanol–water partition coefficient (Wildman–Crippen LogP) is 3.20. The molecule has 0 aromatic heterocycles. The third-order valence-electron chi connectivity index (χ3n) is 4.28. The number of nitrogens with one attached hydrogen (secondary N) is 1. The zero-order valence-corrected chi connectivity index (χ0v) is 10.1. The molecule has 0 amide bonds. The number of rotatable bonds is 3. The van der Waals surface area contributed by atoms with Gasteiger partial charge in [0.2, 0.25) is 0 Å². The molecule has 0 bridgehead atoms. The Morgan fingerprint density at radius 3 is 2.43 bits per heavy atom. The van der Waals surface area contributed by atoms with E-state index in [-0.39, 0.29) is 0 Å². The van der Waals surface area contributed by atoms with Crippen LogP contribution in [0.2, 0.25) is 0 Å². The molecule has 0 aromatic rings. The van der Waals surface area contributed by atoms with E-state index in [0.29, 0.717) is 5.41 Å². The average Bonchev–Trinajstić information content (AvgIpc) is 2.69. The Morgan fingerprint density at radius 1 is 1.36 bits per heavy atom. The van der Waals surface area contributed by atoms with Crippen molar-refractivity contribution in [2.24, 2.45) is 17.3 Å². The normalized spacial score (nSPS) is 42.4. The summed E-state index contributed by atoms with van der Waals surface area (Å²) >= 11 is 0. The molecule has 82 valence electrons.